The summed E-state index contributed by atoms with van der Waals surface area (Å²) in [7, 11) is 0. The number of ether oxygens (including phenoxy) is 2. The Bertz CT molecular complexity index is 839. The maximum atomic E-state index is 12.0. The first-order valence-corrected chi connectivity index (χ1v) is 8.85. The predicted octanol–water partition coefficient (Wildman–Crippen LogP) is 3.99. The van der Waals surface area contributed by atoms with Crippen LogP contribution in [0.3, 0.4) is 0 Å². The van der Waals surface area contributed by atoms with Gasteiger partial charge in [0.15, 0.2) is 6.10 Å². The van der Waals surface area contributed by atoms with Gasteiger partial charge in [0.25, 0.3) is 5.91 Å². The van der Waals surface area contributed by atoms with Crippen LogP contribution in [0.25, 0.3) is 0 Å². The van der Waals surface area contributed by atoms with Gasteiger partial charge in [-0.05, 0) is 68.1 Å². The summed E-state index contributed by atoms with van der Waals surface area (Å²) in [6.07, 6.45) is -1.57. The molecule has 0 spiro atoms. The molecule has 2 aromatic rings. The minimum absolute atomic E-state index is 0.110. The normalized spacial score (nSPS) is 11.4. The number of rotatable bonds is 5. The molecule has 2 N–H and O–H groups in total. The number of hydrogen-bond acceptors (Lipinski definition) is 4. The first-order chi connectivity index (χ1) is 12.8. The Kier molecular flexibility index (Phi) is 7.07. The number of halogens is 1. The van der Waals surface area contributed by atoms with E-state index in [0.717, 1.165) is 16.7 Å². The van der Waals surface area contributed by atoms with E-state index in [9.17, 15) is 9.59 Å². The number of benzene rings is 2. The minimum Gasteiger partial charge on any atom is -0.481 e. The number of amides is 2. The summed E-state index contributed by atoms with van der Waals surface area (Å²) < 4.78 is 10.6. The van der Waals surface area contributed by atoms with Crippen molar-refractivity contribution in [1.29, 1.82) is 0 Å². The summed E-state index contributed by atoms with van der Waals surface area (Å²) in [6, 6.07) is 10.9. The highest BCUT2D eigenvalue weighted by molar-refractivity contribution is 6.31. The molecule has 0 heterocycles. The van der Waals surface area contributed by atoms with Crippen molar-refractivity contribution >= 4 is 23.6 Å². The van der Waals surface area contributed by atoms with Gasteiger partial charge < -0.3 is 9.47 Å². The molecule has 6 nitrogen and oxygen atoms in total. The quantitative estimate of drug-likeness (QED) is 0.757. The largest absolute Gasteiger partial charge is 0.481 e. The van der Waals surface area contributed by atoms with Crippen molar-refractivity contribution in [3.05, 3.63) is 63.7 Å². The highest BCUT2D eigenvalue weighted by atomic mass is 35.5. The Morgan fingerprint density at radius 2 is 1.74 bits per heavy atom. The monoisotopic (exact) mass is 390 g/mol. The Labute approximate surface area is 163 Å². The highest BCUT2D eigenvalue weighted by Crippen LogP contribution is 2.21. The fourth-order valence-electron chi connectivity index (χ4n) is 2.24. The molecule has 2 rings (SSSR count). The van der Waals surface area contributed by atoms with Gasteiger partial charge in [0, 0.05) is 5.02 Å². The average molecular weight is 391 g/mol. The van der Waals surface area contributed by atoms with Crippen molar-refractivity contribution < 1.29 is 19.1 Å². The zero-order valence-corrected chi connectivity index (χ0v) is 16.5. The molecule has 0 aromatic heterocycles. The van der Waals surface area contributed by atoms with Gasteiger partial charge in [-0.2, -0.15) is 0 Å². The van der Waals surface area contributed by atoms with Crippen molar-refractivity contribution in [2.45, 2.75) is 40.4 Å². The zero-order valence-electron chi connectivity index (χ0n) is 15.8. The number of nitrogens with one attached hydrogen (secondary N) is 2. The second kappa shape index (κ2) is 9.28. The van der Waals surface area contributed by atoms with Crippen molar-refractivity contribution in [1.82, 2.24) is 10.9 Å². The molecule has 0 radical (unpaired) electrons. The maximum Gasteiger partial charge on any atom is 0.426 e. The number of carbonyl (C=O) groups is 2. The lowest BCUT2D eigenvalue weighted by Crippen LogP contribution is -2.47. The summed E-state index contributed by atoms with van der Waals surface area (Å²) in [5.41, 5.74) is 8.47. The zero-order chi connectivity index (χ0) is 20.0. The Hall–Kier alpha value is -2.73. The molecule has 0 saturated heterocycles. The fraction of sp³-hybridized carbons (Fsp3) is 0.300. The van der Waals surface area contributed by atoms with Gasteiger partial charge in [-0.25, -0.2) is 10.2 Å². The fourth-order valence-corrected chi connectivity index (χ4v) is 2.36. The van der Waals surface area contributed by atoms with Crippen LogP contribution in [0.4, 0.5) is 4.79 Å². The summed E-state index contributed by atoms with van der Waals surface area (Å²) in [5.74, 6) is 0.00241. The summed E-state index contributed by atoms with van der Waals surface area (Å²) >= 11 is 5.96. The van der Waals surface area contributed by atoms with E-state index in [0.29, 0.717) is 10.8 Å². The van der Waals surface area contributed by atoms with E-state index in [-0.39, 0.29) is 6.61 Å². The van der Waals surface area contributed by atoms with Gasteiger partial charge in [-0.1, -0.05) is 29.8 Å². The Morgan fingerprint density at radius 3 is 2.41 bits per heavy atom. The summed E-state index contributed by atoms with van der Waals surface area (Å²) in [5, 5.41) is 0.618. The lowest BCUT2D eigenvalue weighted by Gasteiger charge is -2.15. The van der Waals surface area contributed by atoms with Gasteiger partial charge in [0.2, 0.25) is 0 Å². The van der Waals surface area contributed by atoms with Gasteiger partial charge in [0.05, 0.1) is 0 Å². The molecule has 1 atom stereocenters. The van der Waals surface area contributed by atoms with Crippen LogP contribution >= 0.6 is 11.6 Å². The predicted molar refractivity (Wildman–Crippen MR) is 104 cm³/mol. The van der Waals surface area contributed by atoms with Crippen LogP contribution in [0.15, 0.2) is 36.4 Å². The second-order valence-corrected chi connectivity index (χ2v) is 6.69. The molecule has 0 aliphatic carbocycles. The van der Waals surface area contributed by atoms with E-state index < -0.39 is 18.1 Å². The summed E-state index contributed by atoms with van der Waals surface area (Å²) in [6.45, 7) is 7.52. The van der Waals surface area contributed by atoms with Gasteiger partial charge in [0.1, 0.15) is 12.4 Å². The van der Waals surface area contributed by atoms with Gasteiger partial charge in [-0.15, -0.1) is 0 Å². The third kappa shape index (κ3) is 6.18. The molecule has 7 heteroatoms. The molecule has 2 aromatic carbocycles. The molecule has 144 valence electrons. The topological polar surface area (TPSA) is 76.7 Å². The van der Waals surface area contributed by atoms with E-state index in [4.69, 9.17) is 21.1 Å². The first kappa shape index (κ1) is 20.6. The van der Waals surface area contributed by atoms with Crippen LogP contribution in [-0.2, 0) is 16.1 Å². The number of hydrazine groups is 1. The summed E-state index contributed by atoms with van der Waals surface area (Å²) in [4.78, 5) is 23.8. The third-order valence-corrected chi connectivity index (χ3v) is 4.46. The van der Waals surface area contributed by atoms with Gasteiger partial charge >= 0.3 is 6.09 Å². The van der Waals surface area contributed by atoms with Crippen molar-refractivity contribution in [2.24, 2.45) is 0 Å². The number of carbonyl (C=O) groups excluding carboxylic acids is 2. The molecule has 0 unspecified atom stereocenters. The van der Waals surface area contributed by atoms with Crippen LogP contribution in [0.5, 0.6) is 5.75 Å². The molecular formula is C20H23ClN2O4. The van der Waals surface area contributed by atoms with Crippen LogP contribution < -0.4 is 15.6 Å². The van der Waals surface area contributed by atoms with E-state index in [1.54, 1.807) is 25.1 Å². The molecule has 0 fully saturated rings. The van der Waals surface area contributed by atoms with Crippen molar-refractivity contribution in [3.63, 3.8) is 0 Å². The Balaban J connectivity index is 1.77. The third-order valence-electron chi connectivity index (χ3n) is 4.04. The van der Waals surface area contributed by atoms with Crippen molar-refractivity contribution in [2.75, 3.05) is 0 Å². The molecular weight excluding hydrogens is 368 g/mol. The van der Waals surface area contributed by atoms with E-state index in [1.165, 1.54) is 5.56 Å². The Morgan fingerprint density at radius 1 is 1.00 bits per heavy atom. The number of hydrogen-bond donors (Lipinski definition) is 2. The first-order valence-electron chi connectivity index (χ1n) is 8.48. The number of aryl methyl sites for hydroxylation is 3. The molecule has 0 bridgehead atoms. The molecule has 0 saturated carbocycles. The second-order valence-electron chi connectivity index (χ2n) is 6.28. The van der Waals surface area contributed by atoms with E-state index in [2.05, 4.69) is 10.9 Å². The molecule has 0 aliphatic rings. The van der Waals surface area contributed by atoms with Crippen LogP contribution in [0.1, 0.15) is 29.2 Å². The lowest BCUT2D eigenvalue weighted by atomic mass is 10.1. The molecule has 2 amide bonds. The van der Waals surface area contributed by atoms with Gasteiger partial charge in [-0.3, -0.25) is 10.2 Å². The smallest absolute Gasteiger partial charge is 0.426 e. The van der Waals surface area contributed by atoms with E-state index in [1.807, 2.05) is 39.0 Å². The molecule has 27 heavy (non-hydrogen) atoms. The van der Waals surface area contributed by atoms with Crippen LogP contribution in [0, 0.1) is 20.8 Å². The minimum atomic E-state index is -0.814. The van der Waals surface area contributed by atoms with Crippen LogP contribution in [-0.4, -0.2) is 18.1 Å². The molecule has 0 aliphatic heterocycles. The van der Waals surface area contributed by atoms with Crippen LogP contribution in [0.2, 0.25) is 5.02 Å². The SMILES string of the molecule is Cc1ccc(COC(=O)NNC(=O)[C@@H](C)Oc2ccc(Cl)c(C)c2)cc1C. The standard InChI is InChI=1S/C20H23ClN2O4/c1-12-5-6-16(9-13(12)2)11-26-20(25)23-22-19(24)15(4)27-17-7-8-18(21)14(3)10-17/h5-10,15H,11H2,1-4H3,(H,22,24)(H,23,25)/t15-/m1/s1. The van der Waals surface area contributed by atoms with E-state index >= 15 is 0 Å². The van der Waals surface area contributed by atoms with Crippen molar-refractivity contribution in [3.8, 4) is 5.75 Å². The maximum absolute atomic E-state index is 12.0. The lowest BCUT2D eigenvalue weighted by molar-refractivity contribution is -0.128. The highest BCUT2D eigenvalue weighted by Gasteiger charge is 2.16. The average Bonchev–Trinajstić information content (AvgIpc) is 2.63.